The molecule has 8 heteroatoms. The lowest BCUT2D eigenvalue weighted by molar-refractivity contribution is -0.120. The van der Waals surface area contributed by atoms with Gasteiger partial charge in [-0.1, -0.05) is 43.7 Å². The molecule has 1 atom stereocenters. The van der Waals surface area contributed by atoms with E-state index in [0.717, 1.165) is 32.3 Å². The van der Waals surface area contributed by atoms with Gasteiger partial charge >= 0.3 is 0 Å². The van der Waals surface area contributed by atoms with E-state index >= 15 is 0 Å². The predicted molar refractivity (Wildman–Crippen MR) is 140 cm³/mol. The van der Waals surface area contributed by atoms with E-state index in [9.17, 15) is 17.6 Å². The van der Waals surface area contributed by atoms with Gasteiger partial charge in [-0.15, -0.1) is 0 Å². The lowest BCUT2D eigenvalue weighted by atomic mass is 9.93. The summed E-state index contributed by atoms with van der Waals surface area (Å²) in [6.45, 7) is 9.14. The number of anilines is 1. The first-order chi connectivity index (χ1) is 16.9. The third-order valence-electron chi connectivity index (χ3n) is 6.10. The maximum absolute atomic E-state index is 14.7. The number of hydrogen-bond donors (Lipinski definition) is 1. The standard InChI is InChI=1S/C28H33FN2O4S/c1-18(2)23-16-24(20(4)15-27(23)35-6)21(5)30-28(32)17-31(26-10-8-7-9-25(26)29)36(33,34)22-13-11-19(3)12-14-22/h7-16,18,21H,17H2,1-6H3,(H,30,32). The molecule has 0 aromatic heterocycles. The molecule has 0 aliphatic rings. The lowest BCUT2D eigenvalue weighted by Crippen LogP contribution is -2.42. The molecule has 0 heterocycles. The molecule has 0 saturated heterocycles. The third kappa shape index (κ3) is 5.87. The number of sulfonamides is 1. The van der Waals surface area contributed by atoms with E-state index in [0.29, 0.717) is 0 Å². The van der Waals surface area contributed by atoms with Gasteiger partial charge in [-0.05, 0) is 79.8 Å². The van der Waals surface area contributed by atoms with E-state index in [1.54, 1.807) is 19.2 Å². The Morgan fingerprint density at radius 3 is 2.22 bits per heavy atom. The summed E-state index contributed by atoms with van der Waals surface area (Å²) in [4.78, 5) is 13.1. The highest BCUT2D eigenvalue weighted by Crippen LogP contribution is 2.32. The van der Waals surface area contributed by atoms with Crippen molar-refractivity contribution in [3.8, 4) is 5.75 Å². The van der Waals surface area contributed by atoms with Gasteiger partial charge in [0.15, 0.2) is 0 Å². The van der Waals surface area contributed by atoms with Crippen LogP contribution in [0.3, 0.4) is 0 Å². The van der Waals surface area contributed by atoms with Gasteiger partial charge < -0.3 is 10.1 Å². The van der Waals surface area contributed by atoms with Gasteiger partial charge in [0.25, 0.3) is 10.0 Å². The maximum Gasteiger partial charge on any atom is 0.264 e. The van der Waals surface area contributed by atoms with Crippen molar-refractivity contribution in [1.29, 1.82) is 0 Å². The zero-order chi connectivity index (χ0) is 26.6. The molecule has 0 saturated carbocycles. The number of halogens is 1. The van der Waals surface area contributed by atoms with Gasteiger partial charge in [-0.2, -0.15) is 0 Å². The van der Waals surface area contributed by atoms with Gasteiger partial charge in [0, 0.05) is 0 Å². The molecule has 192 valence electrons. The number of benzene rings is 3. The van der Waals surface area contributed by atoms with Crippen molar-refractivity contribution in [2.75, 3.05) is 18.0 Å². The monoisotopic (exact) mass is 512 g/mol. The molecule has 3 aromatic rings. The minimum atomic E-state index is -4.21. The van der Waals surface area contributed by atoms with Crippen molar-refractivity contribution in [2.45, 2.75) is 51.5 Å². The summed E-state index contributed by atoms with van der Waals surface area (Å²) >= 11 is 0. The summed E-state index contributed by atoms with van der Waals surface area (Å²) in [5, 5.41) is 2.88. The van der Waals surface area contributed by atoms with Crippen molar-refractivity contribution >= 4 is 21.6 Å². The molecule has 36 heavy (non-hydrogen) atoms. The summed E-state index contributed by atoms with van der Waals surface area (Å²) in [6.07, 6.45) is 0. The van der Waals surface area contributed by atoms with Gasteiger partial charge in [-0.3, -0.25) is 9.10 Å². The Morgan fingerprint density at radius 2 is 1.64 bits per heavy atom. The molecule has 0 radical (unpaired) electrons. The Hall–Kier alpha value is -3.39. The van der Waals surface area contributed by atoms with Crippen LogP contribution in [-0.4, -0.2) is 28.0 Å². The molecule has 3 aromatic carbocycles. The number of hydrogen-bond acceptors (Lipinski definition) is 4. The van der Waals surface area contributed by atoms with E-state index in [4.69, 9.17) is 4.74 Å². The van der Waals surface area contributed by atoms with Gasteiger partial charge in [0.1, 0.15) is 18.1 Å². The van der Waals surface area contributed by atoms with E-state index in [2.05, 4.69) is 19.2 Å². The molecule has 0 aliphatic carbocycles. The molecule has 0 fully saturated rings. The molecule has 0 aliphatic heterocycles. The number of carbonyl (C=O) groups is 1. The number of para-hydroxylation sites is 1. The fraction of sp³-hybridized carbons (Fsp3) is 0.321. The number of amides is 1. The molecule has 1 amide bonds. The second kappa shape index (κ2) is 11.1. The zero-order valence-electron chi connectivity index (χ0n) is 21.5. The molecule has 6 nitrogen and oxygen atoms in total. The van der Waals surface area contributed by atoms with Crippen LogP contribution >= 0.6 is 0 Å². The van der Waals surface area contributed by atoms with Crippen LogP contribution in [0.4, 0.5) is 10.1 Å². The number of rotatable bonds is 9. The van der Waals surface area contributed by atoms with Crippen LogP contribution in [0.25, 0.3) is 0 Å². The van der Waals surface area contributed by atoms with Crippen LogP contribution < -0.4 is 14.4 Å². The van der Waals surface area contributed by atoms with Gasteiger partial charge in [0.05, 0.1) is 23.7 Å². The molecule has 1 unspecified atom stereocenters. The quantitative estimate of drug-likeness (QED) is 0.402. The van der Waals surface area contributed by atoms with E-state index in [-0.39, 0.29) is 16.5 Å². The van der Waals surface area contributed by atoms with E-state index in [1.807, 2.05) is 32.9 Å². The minimum absolute atomic E-state index is 0.0234. The van der Waals surface area contributed by atoms with E-state index < -0.39 is 34.3 Å². The number of nitrogens with zero attached hydrogens (tertiary/aromatic N) is 1. The second-order valence-electron chi connectivity index (χ2n) is 9.17. The Labute approximate surface area is 213 Å². The van der Waals surface area contributed by atoms with Crippen molar-refractivity contribution in [2.24, 2.45) is 0 Å². The summed E-state index contributed by atoms with van der Waals surface area (Å²) in [5.74, 6) is -0.303. The van der Waals surface area contributed by atoms with Crippen LogP contribution in [0.5, 0.6) is 5.75 Å². The second-order valence-corrected chi connectivity index (χ2v) is 11.0. The minimum Gasteiger partial charge on any atom is -0.496 e. The molecular formula is C28H33FN2O4S. The molecule has 0 spiro atoms. The summed E-state index contributed by atoms with van der Waals surface area (Å²) in [5.41, 5.74) is 3.53. The molecule has 1 N–H and O–H groups in total. The molecule has 0 bridgehead atoms. The average molecular weight is 513 g/mol. The van der Waals surface area contributed by atoms with Crippen molar-refractivity contribution in [3.05, 3.63) is 88.7 Å². The summed E-state index contributed by atoms with van der Waals surface area (Å²) < 4.78 is 48.0. The fourth-order valence-corrected chi connectivity index (χ4v) is 5.53. The molecular weight excluding hydrogens is 479 g/mol. The summed E-state index contributed by atoms with van der Waals surface area (Å²) in [7, 11) is -2.59. The van der Waals surface area contributed by atoms with Crippen LogP contribution in [0.15, 0.2) is 65.6 Å². The van der Waals surface area contributed by atoms with Crippen LogP contribution in [0.1, 0.15) is 55.0 Å². The third-order valence-corrected chi connectivity index (χ3v) is 7.88. The van der Waals surface area contributed by atoms with Crippen LogP contribution in [0, 0.1) is 19.7 Å². The normalized spacial score (nSPS) is 12.3. The SMILES string of the molecule is COc1cc(C)c(C(C)NC(=O)CN(c2ccccc2F)S(=O)(=O)c2ccc(C)cc2)cc1C(C)C. The Balaban J connectivity index is 1.93. The molecule has 3 rings (SSSR count). The number of carbonyl (C=O) groups excluding carboxylic acids is 1. The number of ether oxygens (including phenoxy) is 1. The highest BCUT2D eigenvalue weighted by Gasteiger charge is 2.29. The number of methoxy groups -OCH3 is 1. The zero-order valence-corrected chi connectivity index (χ0v) is 22.3. The fourth-order valence-electron chi connectivity index (χ4n) is 4.10. The van der Waals surface area contributed by atoms with Crippen molar-refractivity contribution < 1.29 is 22.3 Å². The van der Waals surface area contributed by atoms with Crippen LogP contribution in [0.2, 0.25) is 0 Å². The Kier molecular flexibility index (Phi) is 8.40. The van der Waals surface area contributed by atoms with Gasteiger partial charge in [0.2, 0.25) is 5.91 Å². The Morgan fingerprint density at radius 1 is 1.00 bits per heavy atom. The predicted octanol–water partition coefficient (Wildman–Crippen LogP) is 5.65. The highest BCUT2D eigenvalue weighted by molar-refractivity contribution is 7.92. The summed E-state index contributed by atoms with van der Waals surface area (Å²) in [6, 6.07) is 15.3. The number of nitrogens with one attached hydrogen (secondary N) is 1. The van der Waals surface area contributed by atoms with Gasteiger partial charge in [-0.25, -0.2) is 12.8 Å². The first kappa shape index (κ1) is 27.2. The highest BCUT2D eigenvalue weighted by atomic mass is 32.2. The first-order valence-corrected chi connectivity index (χ1v) is 13.2. The Bertz CT molecular complexity index is 1340. The van der Waals surface area contributed by atoms with E-state index in [1.165, 1.54) is 36.4 Å². The average Bonchev–Trinajstić information content (AvgIpc) is 2.82. The van der Waals surface area contributed by atoms with Crippen molar-refractivity contribution in [1.82, 2.24) is 5.32 Å². The largest absolute Gasteiger partial charge is 0.496 e. The smallest absolute Gasteiger partial charge is 0.264 e. The van der Waals surface area contributed by atoms with Crippen molar-refractivity contribution in [3.63, 3.8) is 0 Å². The maximum atomic E-state index is 14.7. The lowest BCUT2D eigenvalue weighted by Gasteiger charge is -2.26. The number of aryl methyl sites for hydroxylation is 2. The topological polar surface area (TPSA) is 75.7 Å². The van der Waals surface area contributed by atoms with Crippen LogP contribution in [-0.2, 0) is 14.8 Å². The first-order valence-electron chi connectivity index (χ1n) is 11.8.